The lowest BCUT2D eigenvalue weighted by Gasteiger charge is -2.27. The molecule has 2 aliphatic rings. The number of nitrogens with one attached hydrogen (secondary N) is 2. The predicted octanol–water partition coefficient (Wildman–Crippen LogP) is 3.64. The van der Waals surface area contributed by atoms with Crippen LogP contribution in [-0.4, -0.2) is 54.9 Å². The van der Waals surface area contributed by atoms with Gasteiger partial charge in [-0.25, -0.2) is 18.4 Å². The maximum Gasteiger partial charge on any atom is 0.253 e. The largest absolute Gasteiger partial charge is 0.481 e. The number of methoxy groups -OCH3 is 1. The molecule has 0 unspecified atom stereocenters. The first kappa shape index (κ1) is 25.8. The average molecular weight is 547 g/mol. The molecule has 5 rings (SSSR count). The summed E-state index contributed by atoms with van der Waals surface area (Å²) in [5.41, 5.74) is 0.0606. The minimum absolute atomic E-state index is 0.0132. The molecule has 2 N–H and O–H groups in total. The zero-order valence-electron chi connectivity index (χ0n) is 20.6. The van der Waals surface area contributed by atoms with E-state index in [1.165, 1.54) is 30.7 Å². The van der Waals surface area contributed by atoms with Crippen LogP contribution in [0.4, 0.5) is 5.13 Å². The highest BCUT2D eigenvalue weighted by molar-refractivity contribution is 7.92. The van der Waals surface area contributed by atoms with Gasteiger partial charge in [0.1, 0.15) is 10.3 Å². The number of pyridine rings is 2. The third kappa shape index (κ3) is 5.41. The molecule has 4 heterocycles. The second-order valence-electron chi connectivity index (χ2n) is 9.57. The van der Waals surface area contributed by atoms with Crippen LogP contribution in [0.1, 0.15) is 56.4 Å². The second kappa shape index (κ2) is 10.9. The number of carbonyl (C=O) groups is 1. The van der Waals surface area contributed by atoms with E-state index in [1.807, 2.05) is 0 Å². The Morgan fingerprint density at radius 3 is 2.68 bits per heavy atom. The van der Waals surface area contributed by atoms with Gasteiger partial charge < -0.3 is 19.8 Å². The molecule has 0 radical (unpaired) electrons. The van der Waals surface area contributed by atoms with E-state index in [-0.39, 0.29) is 16.4 Å². The summed E-state index contributed by atoms with van der Waals surface area (Å²) < 4.78 is 37.9. The van der Waals surface area contributed by atoms with E-state index >= 15 is 0 Å². The second-order valence-corrected chi connectivity index (χ2v) is 12.7. The molecule has 3 aromatic heterocycles. The lowest BCUT2D eigenvalue weighted by Crippen LogP contribution is -2.33. The summed E-state index contributed by atoms with van der Waals surface area (Å²) in [4.78, 5) is 38.9. The van der Waals surface area contributed by atoms with Gasteiger partial charge in [-0.2, -0.15) is 0 Å². The van der Waals surface area contributed by atoms with Crippen LogP contribution in [0.3, 0.4) is 0 Å². The fraction of sp³-hybridized carbons (Fsp3) is 0.520. The van der Waals surface area contributed by atoms with E-state index in [0.717, 1.165) is 25.7 Å². The first-order valence-corrected chi connectivity index (χ1v) is 14.9. The van der Waals surface area contributed by atoms with E-state index in [0.29, 0.717) is 53.8 Å². The molecule has 10 nitrogen and oxygen atoms in total. The third-order valence-corrected chi connectivity index (χ3v) is 10.4. The van der Waals surface area contributed by atoms with Crippen LogP contribution in [0.25, 0.3) is 10.3 Å². The van der Waals surface area contributed by atoms with Crippen LogP contribution in [0.2, 0.25) is 0 Å². The highest BCUT2D eigenvalue weighted by atomic mass is 32.2. The van der Waals surface area contributed by atoms with Gasteiger partial charge in [0.05, 0.1) is 23.2 Å². The lowest BCUT2D eigenvalue weighted by molar-refractivity contribution is -0.118. The minimum atomic E-state index is -3.77. The van der Waals surface area contributed by atoms with E-state index in [2.05, 4.69) is 20.3 Å². The molecule has 1 atom stereocenters. The Labute approximate surface area is 218 Å². The lowest BCUT2D eigenvalue weighted by atomic mass is 9.85. The quantitative estimate of drug-likeness (QED) is 0.436. The van der Waals surface area contributed by atoms with Gasteiger partial charge in [0, 0.05) is 31.0 Å². The number of aromatic nitrogens is 3. The molecular formula is C25H30N4O6S2. The number of hydrogen-bond donors (Lipinski definition) is 2. The Bertz CT molecular complexity index is 1440. The Morgan fingerprint density at radius 1 is 1.19 bits per heavy atom. The zero-order valence-corrected chi connectivity index (χ0v) is 22.2. The minimum Gasteiger partial charge on any atom is -0.481 e. The summed E-state index contributed by atoms with van der Waals surface area (Å²) in [6.45, 7) is 1.14. The SMILES string of the molecule is COc1ccc2nc(NC(=O)[C@H](CC3CCOCC3)c3c(S(=O)(=O)C4CCCC4)cc[nH]c3=O)sc2n1. The van der Waals surface area contributed by atoms with Crippen molar-refractivity contribution in [2.24, 2.45) is 5.92 Å². The Kier molecular flexibility index (Phi) is 7.59. The maximum absolute atomic E-state index is 13.8. The van der Waals surface area contributed by atoms with Gasteiger partial charge in [0.15, 0.2) is 15.0 Å². The molecule has 1 aliphatic carbocycles. The number of anilines is 1. The number of fused-ring (bicyclic) bond motifs is 1. The Balaban J connectivity index is 1.52. The van der Waals surface area contributed by atoms with Crippen LogP contribution in [0, 0.1) is 5.92 Å². The molecule has 0 bridgehead atoms. The normalized spacial score (nSPS) is 18.2. The zero-order chi connectivity index (χ0) is 26.0. The number of thiazole rings is 1. The molecule has 3 aromatic rings. The van der Waals surface area contributed by atoms with Crippen LogP contribution in [-0.2, 0) is 19.4 Å². The Morgan fingerprint density at radius 2 is 1.95 bits per heavy atom. The number of carbonyl (C=O) groups excluding carboxylic acids is 1. The molecule has 2 fully saturated rings. The van der Waals surface area contributed by atoms with Crippen molar-refractivity contribution in [3.8, 4) is 5.88 Å². The maximum atomic E-state index is 13.8. The van der Waals surface area contributed by atoms with Gasteiger partial charge >= 0.3 is 0 Å². The molecule has 1 aliphatic heterocycles. The highest BCUT2D eigenvalue weighted by Crippen LogP contribution is 2.36. The van der Waals surface area contributed by atoms with Crippen molar-refractivity contribution in [1.82, 2.24) is 15.0 Å². The average Bonchev–Trinajstić information content (AvgIpc) is 3.58. The molecule has 1 saturated carbocycles. The number of ether oxygens (including phenoxy) is 2. The van der Waals surface area contributed by atoms with E-state index in [4.69, 9.17) is 9.47 Å². The first-order chi connectivity index (χ1) is 17.9. The van der Waals surface area contributed by atoms with E-state index in [9.17, 15) is 18.0 Å². The van der Waals surface area contributed by atoms with E-state index in [1.54, 1.807) is 12.1 Å². The van der Waals surface area contributed by atoms with E-state index < -0.39 is 32.5 Å². The molecule has 12 heteroatoms. The van der Waals surface area contributed by atoms with Crippen molar-refractivity contribution >= 4 is 42.6 Å². The summed E-state index contributed by atoms with van der Waals surface area (Å²) in [6.07, 6.45) is 5.97. The molecule has 0 spiro atoms. The van der Waals surface area contributed by atoms with Crippen LogP contribution in [0.5, 0.6) is 5.88 Å². The van der Waals surface area contributed by atoms with Crippen molar-refractivity contribution in [2.75, 3.05) is 25.6 Å². The molecule has 37 heavy (non-hydrogen) atoms. The van der Waals surface area contributed by atoms with Crippen molar-refractivity contribution in [1.29, 1.82) is 0 Å². The van der Waals surface area contributed by atoms with Crippen molar-refractivity contribution in [2.45, 2.75) is 61.0 Å². The summed E-state index contributed by atoms with van der Waals surface area (Å²) >= 11 is 1.19. The summed E-state index contributed by atoms with van der Waals surface area (Å²) in [6, 6.07) is 4.87. The molecule has 0 aromatic carbocycles. The van der Waals surface area contributed by atoms with Crippen LogP contribution >= 0.6 is 11.3 Å². The van der Waals surface area contributed by atoms with Gasteiger partial charge in [-0.3, -0.25) is 9.59 Å². The van der Waals surface area contributed by atoms with Gasteiger partial charge in [0.25, 0.3) is 5.56 Å². The van der Waals surface area contributed by atoms with Crippen molar-refractivity contribution < 1.29 is 22.7 Å². The fourth-order valence-corrected chi connectivity index (χ4v) is 8.20. The Hall–Kier alpha value is -2.83. The fourth-order valence-electron chi connectivity index (χ4n) is 5.26. The van der Waals surface area contributed by atoms with Crippen molar-refractivity contribution in [3.63, 3.8) is 0 Å². The van der Waals surface area contributed by atoms with Gasteiger partial charge in [-0.05, 0) is 50.2 Å². The number of aromatic amines is 1. The van der Waals surface area contributed by atoms with Gasteiger partial charge in [0.2, 0.25) is 11.8 Å². The number of rotatable bonds is 8. The molecule has 1 saturated heterocycles. The number of nitrogens with zero attached hydrogens (tertiary/aromatic N) is 2. The van der Waals surface area contributed by atoms with Crippen LogP contribution in [0.15, 0.2) is 34.1 Å². The number of amides is 1. The molecule has 198 valence electrons. The topological polar surface area (TPSA) is 140 Å². The number of hydrogen-bond acceptors (Lipinski definition) is 9. The van der Waals surface area contributed by atoms with Crippen molar-refractivity contribution in [3.05, 3.63) is 40.3 Å². The van der Waals surface area contributed by atoms with Crippen LogP contribution < -0.4 is 15.6 Å². The van der Waals surface area contributed by atoms with Gasteiger partial charge in [-0.15, -0.1) is 0 Å². The van der Waals surface area contributed by atoms with Gasteiger partial charge in [-0.1, -0.05) is 24.2 Å². The number of H-pyrrole nitrogens is 1. The summed E-state index contributed by atoms with van der Waals surface area (Å²) in [5.74, 6) is -0.873. The summed E-state index contributed by atoms with van der Waals surface area (Å²) in [5, 5.41) is 2.63. The monoisotopic (exact) mass is 546 g/mol. The molecular weight excluding hydrogens is 516 g/mol. The highest BCUT2D eigenvalue weighted by Gasteiger charge is 2.37. The summed E-state index contributed by atoms with van der Waals surface area (Å²) in [7, 11) is -2.25. The third-order valence-electron chi connectivity index (χ3n) is 7.25. The first-order valence-electron chi connectivity index (χ1n) is 12.5. The smallest absolute Gasteiger partial charge is 0.253 e. The number of sulfone groups is 1. The predicted molar refractivity (Wildman–Crippen MR) is 140 cm³/mol. The molecule has 1 amide bonds. The standard InChI is InChI=1S/C25H30N4O6S2/c1-34-20-7-6-18-24(28-20)36-25(27-18)29-22(30)17(14-15-9-12-35-13-10-15)21-19(8-11-26-23(21)31)37(32,33)16-4-2-3-5-16/h6-8,11,15-17H,2-5,9-10,12-14H2,1H3,(H,26,31)(H,27,29,30)/t17-/m1/s1.